The van der Waals surface area contributed by atoms with E-state index in [9.17, 15) is 4.39 Å². The molecule has 1 aliphatic rings. The van der Waals surface area contributed by atoms with Crippen LogP contribution in [0.1, 0.15) is 53.3 Å². The van der Waals surface area contributed by atoms with Crippen LogP contribution in [0, 0.1) is 19.7 Å². The Morgan fingerprint density at radius 3 is 2.62 bits per heavy atom. The number of benzene rings is 2. The van der Waals surface area contributed by atoms with Gasteiger partial charge in [0, 0.05) is 38.1 Å². The molecule has 176 valence electrons. The lowest BCUT2D eigenvalue weighted by atomic mass is 10.1. The second kappa shape index (κ2) is 10.6. The molecule has 0 saturated heterocycles. The van der Waals surface area contributed by atoms with Gasteiger partial charge >= 0.3 is 0 Å². The predicted molar refractivity (Wildman–Crippen MR) is 136 cm³/mol. The highest BCUT2D eigenvalue weighted by molar-refractivity contribution is 6.01. The largest absolute Gasteiger partial charge is 0.446 e. The van der Waals surface area contributed by atoms with Gasteiger partial charge in [-0.05, 0) is 56.4 Å². The monoisotopic (exact) mass is 457 g/mol. The van der Waals surface area contributed by atoms with Gasteiger partial charge in [-0.25, -0.2) is 14.4 Å². The fourth-order valence-electron chi connectivity index (χ4n) is 4.33. The van der Waals surface area contributed by atoms with Crippen LogP contribution in [0.3, 0.4) is 0 Å². The van der Waals surface area contributed by atoms with E-state index in [-0.39, 0.29) is 5.82 Å². The van der Waals surface area contributed by atoms with Crippen molar-refractivity contribution in [2.45, 2.75) is 46.0 Å². The van der Waals surface area contributed by atoms with Gasteiger partial charge in [-0.15, -0.1) is 0 Å². The highest BCUT2D eigenvalue weighted by Gasteiger charge is 2.17. The molecular formula is C29H32FN3O. The molecule has 0 atom stereocenters. The molecule has 4 nitrogen and oxygen atoms in total. The van der Waals surface area contributed by atoms with Crippen molar-refractivity contribution in [3.05, 3.63) is 107 Å². The number of aryl methyl sites for hydroxylation is 4. The fraction of sp³-hybridized carbons (Fsp3) is 0.310. The predicted octanol–water partition coefficient (Wildman–Crippen LogP) is 6.68. The second-order valence-electron chi connectivity index (χ2n) is 8.89. The molecule has 4 rings (SSSR count). The Morgan fingerprint density at radius 2 is 1.85 bits per heavy atom. The number of amidine groups is 1. The molecule has 1 aliphatic carbocycles. The Morgan fingerprint density at radius 1 is 1.09 bits per heavy atom. The molecular weight excluding hydrogens is 425 g/mol. The number of hydrogen-bond donors (Lipinski definition) is 0. The van der Waals surface area contributed by atoms with Gasteiger partial charge in [-0.2, -0.15) is 0 Å². The lowest BCUT2D eigenvalue weighted by Crippen LogP contribution is -2.28. The molecule has 34 heavy (non-hydrogen) atoms. The van der Waals surface area contributed by atoms with Crippen LogP contribution < -0.4 is 0 Å². The molecule has 0 N–H and O–H groups in total. The first kappa shape index (κ1) is 23.7. The van der Waals surface area contributed by atoms with Crippen LogP contribution in [0.15, 0.2) is 76.2 Å². The summed E-state index contributed by atoms with van der Waals surface area (Å²) in [6.07, 6.45) is 7.20. The van der Waals surface area contributed by atoms with Crippen LogP contribution in [0.5, 0.6) is 0 Å². The normalized spacial score (nSPS) is 15.2. The lowest BCUT2D eigenvalue weighted by molar-refractivity contribution is 0.473. The Hall–Kier alpha value is -3.47. The summed E-state index contributed by atoms with van der Waals surface area (Å²) in [5, 5.41) is 0. The van der Waals surface area contributed by atoms with Crippen molar-refractivity contribution in [3.8, 4) is 0 Å². The Kier molecular flexibility index (Phi) is 7.41. The molecule has 0 radical (unpaired) electrons. The third-order valence-corrected chi connectivity index (χ3v) is 6.26. The summed E-state index contributed by atoms with van der Waals surface area (Å²) in [7, 11) is 2.06. The van der Waals surface area contributed by atoms with E-state index in [0.29, 0.717) is 11.3 Å². The zero-order chi connectivity index (χ0) is 24.1. The van der Waals surface area contributed by atoms with Gasteiger partial charge in [0.25, 0.3) is 0 Å². The van der Waals surface area contributed by atoms with Gasteiger partial charge < -0.3 is 9.32 Å². The quantitative estimate of drug-likeness (QED) is 0.180. The maximum Gasteiger partial charge on any atom is 0.191 e. The van der Waals surface area contributed by atoms with Gasteiger partial charge in [-0.3, -0.25) is 0 Å². The van der Waals surface area contributed by atoms with Crippen molar-refractivity contribution < 1.29 is 8.81 Å². The Balaban J connectivity index is 1.46. The SMILES string of the molecule is C=C(N=C(c1ccccc1)N(C)CC/C=C1/CCc2nc(C)oc2CC1)c1ccc(F)c(C)c1. The highest BCUT2D eigenvalue weighted by atomic mass is 19.1. The van der Waals surface area contributed by atoms with E-state index in [2.05, 4.69) is 41.7 Å². The molecule has 0 unspecified atom stereocenters. The molecule has 0 saturated carbocycles. The van der Waals surface area contributed by atoms with E-state index in [1.54, 1.807) is 19.1 Å². The van der Waals surface area contributed by atoms with Gasteiger partial charge in [0.2, 0.25) is 0 Å². The summed E-state index contributed by atoms with van der Waals surface area (Å²) < 4.78 is 19.5. The third-order valence-electron chi connectivity index (χ3n) is 6.26. The Bertz CT molecular complexity index is 1200. The van der Waals surface area contributed by atoms with Crippen molar-refractivity contribution >= 4 is 11.5 Å². The topological polar surface area (TPSA) is 41.6 Å². The lowest BCUT2D eigenvalue weighted by Gasteiger charge is -2.22. The zero-order valence-electron chi connectivity index (χ0n) is 20.3. The summed E-state index contributed by atoms with van der Waals surface area (Å²) in [4.78, 5) is 11.6. The number of nitrogens with zero attached hydrogens (tertiary/aromatic N) is 3. The van der Waals surface area contributed by atoms with Crippen LogP contribution in [-0.4, -0.2) is 29.3 Å². The van der Waals surface area contributed by atoms with Gasteiger partial charge in [-0.1, -0.05) is 48.6 Å². The molecule has 1 heterocycles. The Labute approximate surface area is 201 Å². The molecule has 0 spiro atoms. The molecule has 0 amide bonds. The maximum atomic E-state index is 13.7. The van der Waals surface area contributed by atoms with E-state index in [1.165, 1.54) is 11.6 Å². The van der Waals surface area contributed by atoms with Crippen LogP contribution in [-0.2, 0) is 12.8 Å². The highest BCUT2D eigenvalue weighted by Crippen LogP contribution is 2.25. The summed E-state index contributed by atoms with van der Waals surface area (Å²) in [5.41, 5.74) is 5.63. The van der Waals surface area contributed by atoms with Gasteiger partial charge in [0.15, 0.2) is 5.89 Å². The maximum absolute atomic E-state index is 13.7. The standard InChI is InChI=1S/C29H32FN3O/c1-20-19-25(14-15-26(20)30)21(2)31-29(24-10-6-5-7-11-24)33(4)18-8-9-23-12-16-27-28(17-13-23)34-22(3)32-27/h5-7,9-11,14-15,19H,2,8,12-13,16-18H2,1,3-4H3/b23-9-,31-29?. The minimum Gasteiger partial charge on any atom is -0.446 e. The van der Waals surface area contributed by atoms with Crippen LogP contribution in [0.25, 0.3) is 5.70 Å². The first-order valence-corrected chi connectivity index (χ1v) is 11.8. The van der Waals surface area contributed by atoms with E-state index in [4.69, 9.17) is 9.41 Å². The summed E-state index contributed by atoms with van der Waals surface area (Å²) in [5.74, 6) is 2.45. The van der Waals surface area contributed by atoms with Gasteiger partial charge in [0.05, 0.1) is 11.4 Å². The minimum absolute atomic E-state index is 0.221. The second-order valence-corrected chi connectivity index (χ2v) is 8.89. The van der Waals surface area contributed by atoms with E-state index in [1.807, 2.05) is 25.1 Å². The number of oxazole rings is 1. The van der Waals surface area contributed by atoms with Crippen molar-refractivity contribution in [3.63, 3.8) is 0 Å². The number of halogens is 1. The van der Waals surface area contributed by atoms with Crippen LogP contribution in [0.4, 0.5) is 4.39 Å². The molecule has 0 bridgehead atoms. The number of fused-ring (bicyclic) bond motifs is 1. The van der Waals surface area contributed by atoms with Crippen molar-refractivity contribution in [2.75, 3.05) is 13.6 Å². The molecule has 2 aromatic carbocycles. The fourth-order valence-corrected chi connectivity index (χ4v) is 4.33. The van der Waals surface area contributed by atoms with Crippen molar-refractivity contribution in [1.82, 2.24) is 9.88 Å². The summed E-state index contributed by atoms with van der Waals surface area (Å²) in [6.45, 7) is 8.66. The summed E-state index contributed by atoms with van der Waals surface area (Å²) in [6, 6.07) is 15.1. The molecule has 1 aromatic heterocycles. The number of hydrogen-bond acceptors (Lipinski definition) is 3. The first-order chi connectivity index (χ1) is 16.4. The van der Waals surface area contributed by atoms with Crippen LogP contribution in [0.2, 0.25) is 0 Å². The average molecular weight is 458 g/mol. The number of aliphatic imine (C=N–C) groups is 1. The van der Waals surface area contributed by atoms with E-state index in [0.717, 1.165) is 73.0 Å². The van der Waals surface area contributed by atoms with Crippen molar-refractivity contribution in [1.29, 1.82) is 0 Å². The minimum atomic E-state index is -0.221. The molecule has 0 fully saturated rings. The number of rotatable bonds is 6. The first-order valence-electron chi connectivity index (χ1n) is 11.8. The van der Waals surface area contributed by atoms with Gasteiger partial charge in [0.1, 0.15) is 17.4 Å². The molecule has 5 heteroatoms. The average Bonchev–Trinajstić information content (AvgIpc) is 3.09. The third kappa shape index (κ3) is 5.71. The number of aromatic nitrogens is 1. The smallest absolute Gasteiger partial charge is 0.191 e. The van der Waals surface area contributed by atoms with E-state index >= 15 is 0 Å². The number of allylic oxidation sites excluding steroid dienone is 1. The van der Waals surface area contributed by atoms with Crippen LogP contribution >= 0.6 is 0 Å². The molecule has 3 aromatic rings. The zero-order valence-corrected chi connectivity index (χ0v) is 20.3. The summed E-state index contributed by atoms with van der Waals surface area (Å²) >= 11 is 0. The van der Waals surface area contributed by atoms with E-state index < -0.39 is 0 Å². The van der Waals surface area contributed by atoms with Crippen molar-refractivity contribution in [2.24, 2.45) is 4.99 Å². The molecule has 0 aliphatic heterocycles.